The summed E-state index contributed by atoms with van der Waals surface area (Å²) in [7, 11) is 0. The van der Waals surface area contributed by atoms with E-state index in [0.29, 0.717) is 0 Å². The summed E-state index contributed by atoms with van der Waals surface area (Å²) in [4.78, 5) is 23.7. The van der Waals surface area contributed by atoms with Crippen LogP contribution in [0.25, 0.3) is 6.08 Å². The molecule has 1 amide bonds. The van der Waals surface area contributed by atoms with E-state index in [1.54, 1.807) is 0 Å². The molecule has 2 aromatic carbocycles. The van der Waals surface area contributed by atoms with Crippen molar-refractivity contribution in [3.8, 4) is 0 Å². The highest BCUT2D eigenvalue weighted by Crippen LogP contribution is 2.29. The standard InChI is InChI=1S/C19H15F4NO3/c1-12(18(26)24-16-8-3-2-7-15(16)20)27-17(25)10-9-13-5-4-6-14(11-13)19(21,22)23/h2-12H,1H3,(H,24,26)/b10-9+/t12-/m1/s1. The van der Waals surface area contributed by atoms with E-state index in [9.17, 15) is 27.2 Å². The van der Waals surface area contributed by atoms with Gasteiger partial charge in [-0.1, -0.05) is 24.3 Å². The van der Waals surface area contributed by atoms with Crippen LogP contribution >= 0.6 is 0 Å². The molecule has 0 radical (unpaired) electrons. The lowest BCUT2D eigenvalue weighted by atomic mass is 10.1. The minimum Gasteiger partial charge on any atom is -0.449 e. The van der Waals surface area contributed by atoms with Crippen LogP contribution in [0.15, 0.2) is 54.6 Å². The number of nitrogens with one attached hydrogen (secondary N) is 1. The third kappa shape index (κ3) is 5.95. The molecule has 2 aromatic rings. The number of ether oxygens (including phenoxy) is 1. The van der Waals surface area contributed by atoms with Crippen LogP contribution in [0.5, 0.6) is 0 Å². The van der Waals surface area contributed by atoms with Crippen LogP contribution in [0.4, 0.5) is 23.2 Å². The van der Waals surface area contributed by atoms with Crippen LogP contribution in [0.2, 0.25) is 0 Å². The van der Waals surface area contributed by atoms with Crippen molar-refractivity contribution in [1.82, 2.24) is 0 Å². The Labute approximate surface area is 152 Å². The lowest BCUT2D eigenvalue weighted by Gasteiger charge is -2.12. The average molecular weight is 381 g/mol. The average Bonchev–Trinajstić information content (AvgIpc) is 2.61. The Kier molecular flexibility index (Phi) is 6.33. The maximum Gasteiger partial charge on any atom is 0.416 e. The fraction of sp³-hybridized carbons (Fsp3) is 0.158. The summed E-state index contributed by atoms with van der Waals surface area (Å²) < 4.78 is 56.3. The molecule has 0 saturated carbocycles. The van der Waals surface area contributed by atoms with Gasteiger partial charge in [0.15, 0.2) is 6.10 Å². The number of benzene rings is 2. The van der Waals surface area contributed by atoms with Gasteiger partial charge in [-0.2, -0.15) is 13.2 Å². The number of anilines is 1. The largest absolute Gasteiger partial charge is 0.449 e. The first kappa shape index (κ1) is 20.2. The third-order valence-corrected chi connectivity index (χ3v) is 3.42. The van der Waals surface area contributed by atoms with Crippen LogP contribution in [0, 0.1) is 5.82 Å². The summed E-state index contributed by atoms with van der Waals surface area (Å²) in [5, 5.41) is 2.27. The smallest absolute Gasteiger partial charge is 0.416 e. The number of carbonyl (C=O) groups excluding carboxylic acids is 2. The second-order valence-corrected chi connectivity index (χ2v) is 5.50. The number of amides is 1. The Balaban J connectivity index is 1.95. The molecule has 142 valence electrons. The summed E-state index contributed by atoms with van der Waals surface area (Å²) in [6, 6.07) is 9.84. The first-order chi connectivity index (χ1) is 12.7. The fourth-order valence-corrected chi connectivity index (χ4v) is 2.05. The molecule has 8 heteroatoms. The Hall–Kier alpha value is -3.16. The zero-order chi connectivity index (χ0) is 20.0. The van der Waals surface area contributed by atoms with Gasteiger partial charge in [-0.05, 0) is 42.8 Å². The molecular formula is C19H15F4NO3. The van der Waals surface area contributed by atoms with Crippen LogP contribution in [-0.2, 0) is 20.5 Å². The predicted octanol–water partition coefficient (Wildman–Crippen LogP) is 4.43. The van der Waals surface area contributed by atoms with Crippen molar-refractivity contribution in [2.75, 3.05) is 5.32 Å². The van der Waals surface area contributed by atoms with Crippen molar-refractivity contribution in [2.45, 2.75) is 19.2 Å². The molecule has 0 aliphatic carbocycles. The van der Waals surface area contributed by atoms with E-state index in [2.05, 4.69) is 5.32 Å². The number of rotatable bonds is 5. The summed E-state index contributed by atoms with van der Waals surface area (Å²) in [6.45, 7) is 1.28. The van der Waals surface area contributed by atoms with Gasteiger partial charge >= 0.3 is 12.1 Å². The molecule has 0 bridgehead atoms. The molecule has 0 saturated heterocycles. The minimum atomic E-state index is -4.50. The molecule has 0 spiro atoms. The van der Waals surface area contributed by atoms with Gasteiger partial charge in [0.25, 0.3) is 5.91 Å². The molecule has 0 fully saturated rings. The zero-order valence-electron chi connectivity index (χ0n) is 14.1. The summed E-state index contributed by atoms with van der Waals surface area (Å²) >= 11 is 0. The second-order valence-electron chi connectivity index (χ2n) is 5.50. The van der Waals surface area contributed by atoms with Crippen molar-refractivity contribution in [2.24, 2.45) is 0 Å². The number of halogens is 4. The van der Waals surface area contributed by atoms with E-state index >= 15 is 0 Å². The topological polar surface area (TPSA) is 55.4 Å². The van der Waals surface area contributed by atoms with Crippen molar-refractivity contribution >= 4 is 23.6 Å². The molecule has 0 aromatic heterocycles. The van der Waals surface area contributed by atoms with E-state index in [1.807, 2.05) is 0 Å². The van der Waals surface area contributed by atoms with Gasteiger partial charge in [-0.3, -0.25) is 4.79 Å². The normalized spacial score (nSPS) is 12.6. The van der Waals surface area contributed by atoms with Gasteiger partial charge in [0, 0.05) is 6.08 Å². The highest BCUT2D eigenvalue weighted by Gasteiger charge is 2.30. The van der Waals surface area contributed by atoms with Gasteiger partial charge in [-0.25, -0.2) is 9.18 Å². The van der Waals surface area contributed by atoms with E-state index in [4.69, 9.17) is 4.74 Å². The summed E-state index contributed by atoms with van der Waals surface area (Å²) in [6.07, 6.45) is -3.69. The van der Waals surface area contributed by atoms with Crippen LogP contribution < -0.4 is 5.32 Å². The first-order valence-corrected chi connectivity index (χ1v) is 7.78. The molecule has 0 aliphatic heterocycles. The lowest BCUT2D eigenvalue weighted by Crippen LogP contribution is -2.29. The van der Waals surface area contributed by atoms with Gasteiger partial charge in [0.05, 0.1) is 11.3 Å². The van der Waals surface area contributed by atoms with Crippen molar-refractivity contribution in [3.63, 3.8) is 0 Å². The quantitative estimate of drug-likeness (QED) is 0.474. The molecule has 27 heavy (non-hydrogen) atoms. The van der Waals surface area contributed by atoms with Crippen molar-refractivity contribution in [1.29, 1.82) is 0 Å². The van der Waals surface area contributed by atoms with E-state index in [-0.39, 0.29) is 11.3 Å². The number of hydrogen-bond acceptors (Lipinski definition) is 3. The Morgan fingerprint density at radius 3 is 2.48 bits per heavy atom. The number of para-hydroxylation sites is 1. The van der Waals surface area contributed by atoms with Crippen molar-refractivity contribution in [3.05, 3.63) is 71.6 Å². The summed E-state index contributed by atoms with van der Waals surface area (Å²) in [5.74, 6) is -2.32. The molecule has 0 unspecified atom stereocenters. The van der Waals surface area contributed by atoms with Gasteiger partial charge in [-0.15, -0.1) is 0 Å². The molecule has 4 nitrogen and oxygen atoms in total. The molecule has 1 N–H and O–H groups in total. The van der Waals surface area contributed by atoms with E-state index < -0.39 is 35.5 Å². The lowest BCUT2D eigenvalue weighted by molar-refractivity contribution is -0.148. The van der Waals surface area contributed by atoms with Crippen LogP contribution in [0.1, 0.15) is 18.1 Å². The Bertz CT molecular complexity index is 862. The fourth-order valence-electron chi connectivity index (χ4n) is 2.05. The SMILES string of the molecule is C[C@@H](OC(=O)/C=C/c1cccc(C(F)(F)F)c1)C(=O)Nc1ccccc1F. The molecule has 0 heterocycles. The Morgan fingerprint density at radius 2 is 1.81 bits per heavy atom. The minimum absolute atomic E-state index is 0.0649. The third-order valence-electron chi connectivity index (χ3n) is 3.42. The van der Waals surface area contributed by atoms with Crippen LogP contribution in [0.3, 0.4) is 0 Å². The van der Waals surface area contributed by atoms with Gasteiger partial charge < -0.3 is 10.1 Å². The number of carbonyl (C=O) groups is 2. The maximum atomic E-state index is 13.5. The molecule has 1 atom stereocenters. The monoisotopic (exact) mass is 381 g/mol. The number of alkyl halides is 3. The summed E-state index contributed by atoms with van der Waals surface area (Å²) in [5.41, 5.74) is -0.772. The number of esters is 1. The van der Waals surface area contributed by atoms with E-state index in [0.717, 1.165) is 30.4 Å². The number of hydrogen-bond donors (Lipinski definition) is 1. The predicted molar refractivity (Wildman–Crippen MR) is 91.1 cm³/mol. The maximum absolute atomic E-state index is 13.5. The zero-order valence-corrected chi connectivity index (χ0v) is 14.1. The molecule has 2 rings (SSSR count). The van der Waals surface area contributed by atoms with Gasteiger partial charge in [0.2, 0.25) is 0 Å². The second kappa shape index (κ2) is 8.48. The molecule has 0 aliphatic rings. The van der Waals surface area contributed by atoms with Crippen LogP contribution in [-0.4, -0.2) is 18.0 Å². The first-order valence-electron chi connectivity index (χ1n) is 7.78. The molecular weight excluding hydrogens is 366 g/mol. The Morgan fingerprint density at radius 1 is 1.11 bits per heavy atom. The van der Waals surface area contributed by atoms with E-state index in [1.165, 1.54) is 37.3 Å². The highest BCUT2D eigenvalue weighted by atomic mass is 19.4. The van der Waals surface area contributed by atoms with Crippen molar-refractivity contribution < 1.29 is 31.9 Å². The highest BCUT2D eigenvalue weighted by molar-refractivity contribution is 5.96. The van der Waals surface area contributed by atoms with Gasteiger partial charge in [0.1, 0.15) is 5.82 Å².